The topological polar surface area (TPSA) is 111 Å². The molecule has 172 valence electrons. The van der Waals surface area contributed by atoms with E-state index in [0.717, 1.165) is 5.56 Å². The number of hydrogen-bond donors (Lipinski definition) is 0. The van der Waals surface area contributed by atoms with Gasteiger partial charge >= 0.3 is 5.97 Å². The standard InChI is InChI=1S/C23H23N3O6S/c1-22(2)18(19(27)32-14-16-7-5-4-6-8-16)25-20(28)23(31-3,21(25)33-22)24-13-15-9-11-17(12-10-15)26(29)30/h4-13,18,21H,14H2,1-3H3/t18-,21+,23?/m0/s1. The van der Waals surface area contributed by atoms with Crippen molar-refractivity contribution in [3.63, 3.8) is 0 Å². The fourth-order valence-electron chi connectivity index (χ4n) is 4.01. The number of nitro benzene ring substituents is 1. The quantitative estimate of drug-likeness (QED) is 0.201. The third kappa shape index (κ3) is 4.00. The summed E-state index contributed by atoms with van der Waals surface area (Å²) in [6.45, 7) is 3.90. The van der Waals surface area contributed by atoms with Gasteiger partial charge in [0.1, 0.15) is 18.0 Å². The number of benzene rings is 2. The minimum Gasteiger partial charge on any atom is -0.459 e. The largest absolute Gasteiger partial charge is 0.459 e. The lowest BCUT2D eigenvalue weighted by molar-refractivity contribution is -0.384. The number of esters is 1. The van der Waals surface area contributed by atoms with Gasteiger partial charge in [0, 0.05) is 30.2 Å². The van der Waals surface area contributed by atoms with Crippen LogP contribution in [0.15, 0.2) is 59.6 Å². The van der Waals surface area contributed by atoms with Crippen LogP contribution < -0.4 is 0 Å². The number of nitrogens with zero attached hydrogens (tertiary/aromatic N) is 3. The number of carbonyl (C=O) groups excluding carboxylic acids is 2. The third-order valence-corrected chi connectivity index (χ3v) is 7.35. The molecule has 0 spiro atoms. The average molecular weight is 470 g/mol. The van der Waals surface area contributed by atoms with Crippen LogP contribution in [0.5, 0.6) is 0 Å². The summed E-state index contributed by atoms with van der Waals surface area (Å²) in [6.07, 6.45) is 1.46. The molecule has 0 bridgehead atoms. The van der Waals surface area contributed by atoms with Crippen LogP contribution >= 0.6 is 11.8 Å². The first-order valence-corrected chi connectivity index (χ1v) is 11.1. The molecule has 2 aliphatic heterocycles. The molecule has 10 heteroatoms. The number of methoxy groups -OCH3 is 1. The van der Waals surface area contributed by atoms with Crippen molar-refractivity contribution in [3.8, 4) is 0 Å². The Bertz CT molecular complexity index is 1100. The van der Waals surface area contributed by atoms with E-state index in [-0.39, 0.29) is 12.3 Å². The summed E-state index contributed by atoms with van der Waals surface area (Å²) < 4.78 is 10.5. The van der Waals surface area contributed by atoms with Crippen LogP contribution in [-0.2, 0) is 25.7 Å². The molecule has 2 aromatic rings. The van der Waals surface area contributed by atoms with Gasteiger partial charge in [-0.2, -0.15) is 0 Å². The van der Waals surface area contributed by atoms with E-state index in [4.69, 9.17) is 9.47 Å². The summed E-state index contributed by atoms with van der Waals surface area (Å²) in [7, 11) is 1.40. The molecule has 2 aromatic carbocycles. The van der Waals surface area contributed by atoms with Gasteiger partial charge in [-0.3, -0.25) is 14.9 Å². The molecule has 33 heavy (non-hydrogen) atoms. The summed E-state index contributed by atoms with van der Waals surface area (Å²) in [4.78, 5) is 42.4. The fourth-order valence-corrected chi connectivity index (χ4v) is 5.68. The van der Waals surface area contributed by atoms with Crippen LogP contribution in [0.3, 0.4) is 0 Å². The molecular formula is C23H23N3O6S. The summed E-state index contributed by atoms with van der Waals surface area (Å²) in [5.41, 5.74) is -0.0634. The number of aliphatic imine (C=N–C) groups is 1. The molecule has 0 aliphatic carbocycles. The summed E-state index contributed by atoms with van der Waals surface area (Å²) in [6, 6.07) is 14.4. The minimum atomic E-state index is -1.47. The SMILES string of the molecule is COC1(N=Cc2ccc([N+](=O)[O-])cc2)C(=O)N2[C@@H](C(=O)OCc3ccccc3)C(C)(C)S[C@@H]21. The maximum Gasteiger partial charge on any atom is 0.330 e. The summed E-state index contributed by atoms with van der Waals surface area (Å²) >= 11 is 1.43. The van der Waals surface area contributed by atoms with Crippen LogP contribution in [0.1, 0.15) is 25.0 Å². The van der Waals surface area contributed by atoms with Gasteiger partial charge in [0.25, 0.3) is 17.3 Å². The van der Waals surface area contributed by atoms with Crippen LogP contribution in [0, 0.1) is 10.1 Å². The fraction of sp³-hybridized carbons (Fsp3) is 0.348. The van der Waals surface area contributed by atoms with E-state index >= 15 is 0 Å². The number of thioether (sulfide) groups is 1. The number of hydrogen-bond acceptors (Lipinski definition) is 8. The lowest BCUT2D eigenvalue weighted by Gasteiger charge is -2.49. The van der Waals surface area contributed by atoms with Crippen molar-refractivity contribution >= 4 is 35.5 Å². The van der Waals surface area contributed by atoms with Gasteiger partial charge in [-0.05, 0) is 37.1 Å². The van der Waals surface area contributed by atoms with Crippen molar-refractivity contribution in [2.24, 2.45) is 4.99 Å². The average Bonchev–Trinajstić information content (AvgIpc) is 3.07. The van der Waals surface area contributed by atoms with Crippen molar-refractivity contribution in [2.75, 3.05) is 7.11 Å². The smallest absolute Gasteiger partial charge is 0.330 e. The predicted octanol–water partition coefficient (Wildman–Crippen LogP) is 3.16. The van der Waals surface area contributed by atoms with Gasteiger partial charge in [0.2, 0.25) is 0 Å². The summed E-state index contributed by atoms with van der Waals surface area (Å²) in [5.74, 6) is -0.899. The van der Waals surface area contributed by atoms with E-state index in [1.165, 1.54) is 42.1 Å². The van der Waals surface area contributed by atoms with Crippen LogP contribution in [0.4, 0.5) is 5.69 Å². The number of amides is 1. The van der Waals surface area contributed by atoms with Crippen molar-refractivity contribution in [1.82, 2.24) is 4.90 Å². The molecule has 1 amide bonds. The molecule has 1 unspecified atom stereocenters. The van der Waals surface area contributed by atoms with Crippen molar-refractivity contribution in [1.29, 1.82) is 0 Å². The molecule has 2 saturated heterocycles. The van der Waals surface area contributed by atoms with Crippen molar-refractivity contribution in [2.45, 2.75) is 42.3 Å². The molecule has 0 saturated carbocycles. The number of nitro groups is 1. The number of rotatable bonds is 7. The van der Waals surface area contributed by atoms with Gasteiger partial charge in [-0.15, -0.1) is 11.8 Å². The van der Waals surface area contributed by atoms with Crippen LogP contribution in [0.2, 0.25) is 0 Å². The van der Waals surface area contributed by atoms with E-state index in [1.54, 1.807) is 12.1 Å². The number of non-ortho nitro benzene ring substituents is 1. The molecule has 2 fully saturated rings. The van der Waals surface area contributed by atoms with E-state index < -0.39 is 38.7 Å². The zero-order valence-corrected chi connectivity index (χ0v) is 19.2. The predicted molar refractivity (Wildman–Crippen MR) is 123 cm³/mol. The lowest BCUT2D eigenvalue weighted by atomic mass is 9.93. The Morgan fingerprint density at radius 3 is 2.48 bits per heavy atom. The number of carbonyl (C=O) groups is 2. The molecule has 2 heterocycles. The van der Waals surface area contributed by atoms with E-state index in [2.05, 4.69) is 4.99 Å². The van der Waals surface area contributed by atoms with E-state index in [0.29, 0.717) is 5.56 Å². The van der Waals surface area contributed by atoms with Gasteiger partial charge in [0.15, 0.2) is 0 Å². The monoisotopic (exact) mass is 469 g/mol. The lowest BCUT2D eigenvalue weighted by Crippen LogP contribution is -2.73. The summed E-state index contributed by atoms with van der Waals surface area (Å²) in [5, 5.41) is 10.3. The normalized spacial score (nSPS) is 25.5. The minimum absolute atomic E-state index is 0.0375. The second-order valence-electron chi connectivity index (χ2n) is 8.29. The highest BCUT2D eigenvalue weighted by atomic mass is 32.2. The van der Waals surface area contributed by atoms with Gasteiger partial charge in [-0.1, -0.05) is 30.3 Å². The highest BCUT2D eigenvalue weighted by molar-refractivity contribution is 8.01. The van der Waals surface area contributed by atoms with Crippen molar-refractivity contribution in [3.05, 3.63) is 75.8 Å². The molecule has 4 rings (SSSR count). The third-order valence-electron chi connectivity index (χ3n) is 5.75. The van der Waals surface area contributed by atoms with Crippen molar-refractivity contribution < 1.29 is 24.0 Å². The Morgan fingerprint density at radius 1 is 1.21 bits per heavy atom. The highest BCUT2D eigenvalue weighted by Gasteiger charge is 2.72. The second kappa shape index (κ2) is 8.60. The number of β-lactam (4-membered cyclic amide) rings is 1. The molecule has 9 nitrogen and oxygen atoms in total. The van der Waals surface area contributed by atoms with Crippen LogP contribution in [-0.4, -0.2) is 56.9 Å². The number of ether oxygens (including phenoxy) is 2. The zero-order valence-electron chi connectivity index (χ0n) is 18.3. The zero-order chi connectivity index (χ0) is 23.8. The second-order valence-corrected chi connectivity index (χ2v) is 10.0. The Labute approximate surface area is 194 Å². The van der Waals surface area contributed by atoms with E-state index in [9.17, 15) is 19.7 Å². The first kappa shape index (κ1) is 22.9. The molecular weight excluding hydrogens is 446 g/mol. The maximum absolute atomic E-state index is 13.2. The Hall–Kier alpha value is -3.24. The molecule has 3 atom stereocenters. The first-order chi connectivity index (χ1) is 15.7. The highest BCUT2D eigenvalue weighted by Crippen LogP contribution is 2.56. The first-order valence-electron chi connectivity index (χ1n) is 10.3. The van der Waals surface area contributed by atoms with Gasteiger partial charge in [0.05, 0.1) is 4.92 Å². The van der Waals surface area contributed by atoms with Crippen LogP contribution in [0.25, 0.3) is 0 Å². The molecule has 0 aromatic heterocycles. The Kier molecular flexibility index (Phi) is 5.98. The van der Waals surface area contributed by atoms with E-state index in [1.807, 2.05) is 44.2 Å². The molecule has 0 radical (unpaired) electrons. The maximum atomic E-state index is 13.2. The molecule has 0 N–H and O–H groups in total. The Morgan fingerprint density at radius 2 is 1.88 bits per heavy atom. The number of fused-ring (bicyclic) bond motifs is 1. The Balaban J connectivity index is 1.52. The van der Waals surface area contributed by atoms with Gasteiger partial charge < -0.3 is 14.4 Å². The van der Waals surface area contributed by atoms with Gasteiger partial charge in [-0.25, -0.2) is 9.79 Å². The molecule has 2 aliphatic rings.